The summed E-state index contributed by atoms with van der Waals surface area (Å²) < 4.78 is 33.1. The highest BCUT2D eigenvalue weighted by Crippen LogP contribution is 2.25. The molecule has 288 valence electrons. The summed E-state index contributed by atoms with van der Waals surface area (Å²) in [5.41, 5.74) is 3.22. The molecule has 0 fully saturated rings. The number of rotatable bonds is 22. The predicted octanol–water partition coefficient (Wildman–Crippen LogP) is 8.25. The predicted molar refractivity (Wildman–Crippen MR) is 206 cm³/mol. The van der Waals surface area contributed by atoms with E-state index in [0.29, 0.717) is 36.0 Å². The summed E-state index contributed by atoms with van der Waals surface area (Å²) in [5, 5.41) is 0. The summed E-state index contributed by atoms with van der Waals surface area (Å²) in [6, 6.07) is 28.8. The molecule has 4 aromatic rings. The lowest BCUT2D eigenvalue weighted by Gasteiger charge is -2.24. The summed E-state index contributed by atoms with van der Waals surface area (Å²) in [6.07, 6.45) is 2.59. The Labute approximate surface area is 322 Å². The van der Waals surface area contributed by atoms with Gasteiger partial charge in [-0.1, -0.05) is 75.5 Å². The normalized spacial score (nSPS) is 11.2. The Balaban J connectivity index is 1.21. The maximum atomic E-state index is 13.3. The van der Waals surface area contributed by atoms with Crippen LogP contribution in [0.3, 0.4) is 0 Å². The number of carbonyl (C=O) groups excluding carboxylic acids is 4. The third kappa shape index (κ3) is 14.6. The zero-order chi connectivity index (χ0) is 39.4. The van der Waals surface area contributed by atoms with Crippen molar-refractivity contribution in [1.82, 2.24) is 4.90 Å². The van der Waals surface area contributed by atoms with E-state index in [2.05, 4.69) is 18.1 Å². The van der Waals surface area contributed by atoms with Crippen LogP contribution in [0.25, 0.3) is 0 Å². The maximum absolute atomic E-state index is 13.3. The molecule has 0 radical (unpaired) electrons. The van der Waals surface area contributed by atoms with Crippen molar-refractivity contribution in [2.24, 2.45) is 5.92 Å². The summed E-state index contributed by atoms with van der Waals surface area (Å²) in [5.74, 6) is 0.193. The van der Waals surface area contributed by atoms with E-state index in [-0.39, 0.29) is 38.8 Å². The van der Waals surface area contributed by atoms with Crippen LogP contribution in [-0.2, 0) is 64.6 Å². The molecule has 11 nitrogen and oxygen atoms in total. The molecule has 55 heavy (non-hydrogen) atoms. The highest BCUT2D eigenvalue weighted by molar-refractivity contribution is 5.81. The summed E-state index contributed by atoms with van der Waals surface area (Å²) >= 11 is 0. The molecular formula is C44H47NO10. The molecule has 0 amide bonds. The highest BCUT2D eigenvalue weighted by atomic mass is 16.5. The second-order valence-electron chi connectivity index (χ2n) is 12.4. The lowest BCUT2D eigenvalue weighted by molar-refractivity contribution is -0.152. The molecule has 0 aromatic heterocycles. The molecule has 11 heteroatoms. The van der Waals surface area contributed by atoms with Gasteiger partial charge in [0.05, 0.1) is 5.92 Å². The Hall–Kier alpha value is -6.20. The van der Waals surface area contributed by atoms with Gasteiger partial charge in [-0.05, 0) is 90.3 Å². The maximum Gasteiger partial charge on any atom is 0.330 e. The second kappa shape index (κ2) is 22.1. The monoisotopic (exact) mass is 749 g/mol. The molecule has 0 aliphatic carbocycles. The van der Waals surface area contributed by atoms with Gasteiger partial charge in [0.2, 0.25) is 0 Å². The molecule has 4 aromatic carbocycles. The molecule has 0 heterocycles. The average molecular weight is 750 g/mol. The van der Waals surface area contributed by atoms with Crippen molar-refractivity contribution >= 4 is 23.9 Å². The van der Waals surface area contributed by atoms with E-state index in [1.54, 1.807) is 60.7 Å². The number of nitrogens with zero attached hydrogens (tertiary/aromatic N) is 1. The minimum Gasteiger partial charge on any atom is -0.461 e. The first kappa shape index (κ1) is 41.6. The summed E-state index contributed by atoms with van der Waals surface area (Å²) in [7, 11) is 0. The van der Waals surface area contributed by atoms with Gasteiger partial charge in [-0.25, -0.2) is 9.59 Å². The molecule has 0 saturated heterocycles. The Morgan fingerprint density at radius 2 is 0.891 bits per heavy atom. The van der Waals surface area contributed by atoms with Gasteiger partial charge < -0.3 is 33.3 Å². The van der Waals surface area contributed by atoms with Crippen LogP contribution < -0.4 is 9.47 Å². The molecule has 0 bridgehead atoms. The first-order valence-corrected chi connectivity index (χ1v) is 18.0. The molecule has 0 N–H and O–H groups in total. The highest BCUT2D eigenvalue weighted by Gasteiger charge is 2.24. The Morgan fingerprint density at radius 3 is 1.24 bits per heavy atom. The van der Waals surface area contributed by atoms with Gasteiger partial charge in [0.25, 0.3) is 0 Å². The van der Waals surface area contributed by atoms with Gasteiger partial charge >= 0.3 is 23.9 Å². The Bertz CT molecular complexity index is 1850. The Kier molecular flexibility index (Phi) is 16.7. The van der Waals surface area contributed by atoms with Gasteiger partial charge in [-0.2, -0.15) is 0 Å². The fourth-order valence-corrected chi connectivity index (χ4v) is 5.19. The molecule has 0 aliphatic heterocycles. The molecule has 4 rings (SSSR count). The lowest BCUT2D eigenvalue weighted by Crippen LogP contribution is -2.34. The third-order valence-electron chi connectivity index (χ3n) is 8.44. The first-order valence-electron chi connectivity index (χ1n) is 18.0. The van der Waals surface area contributed by atoms with Gasteiger partial charge in [0.1, 0.15) is 49.4 Å². The van der Waals surface area contributed by atoms with Crippen LogP contribution in [0.15, 0.2) is 122 Å². The molecule has 0 spiro atoms. The van der Waals surface area contributed by atoms with Gasteiger partial charge in [0, 0.05) is 25.1 Å². The van der Waals surface area contributed by atoms with Crippen LogP contribution in [0.4, 0.5) is 0 Å². The number of hydrogen-bond donors (Lipinski definition) is 0. The van der Waals surface area contributed by atoms with Crippen molar-refractivity contribution < 1.29 is 47.6 Å². The van der Waals surface area contributed by atoms with Gasteiger partial charge in [0.15, 0.2) is 0 Å². The van der Waals surface area contributed by atoms with Crippen molar-refractivity contribution in [3.8, 4) is 23.0 Å². The van der Waals surface area contributed by atoms with Crippen LogP contribution in [0, 0.1) is 5.92 Å². The number of benzene rings is 4. The third-order valence-corrected chi connectivity index (χ3v) is 8.44. The van der Waals surface area contributed by atoms with E-state index in [1.807, 2.05) is 50.2 Å². The average Bonchev–Trinajstić information content (AvgIpc) is 3.22. The standard InChI is InChI=1S/C44H47NO10/c1-5-41(46)50-28-32-9-18-37(19-10-32)54-39-22-13-34(14-23-39)30-52-43(48)26-17-36(27-45(7-3)8-4)44(49)53-31-35-15-24-40(25-16-35)55-38-20-11-33(12-21-38)29-51-42(47)6-2/h5-6,9-16,18-25,36H,1-2,7-8,17,26-31H2,3-4H3. The van der Waals surface area contributed by atoms with Gasteiger partial charge in [-0.3, -0.25) is 9.59 Å². The van der Waals surface area contributed by atoms with Crippen LogP contribution >= 0.6 is 0 Å². The molecule has 1 atom stereocenters. The van der Waals surface area contributed by atoms with Crippen molar-refractivity contribution in [3.63, 3.8) is 0 Å². The fourth-order valence-electron chi connectivity index (χ4n) is 5.19. The van der Waals surface area contributed by atoms with E-state index in [0.717, 1.165) is 47.5 Å². The summed E-state index contributed by atoms with van der Waals surface area (Å²) in [4.78, 5) is 50.7. The minimum absolute atomic E-state index is 0.0675. The van der Waals surface area contributed by atoms with Crippen LogP contribution in [-0.4, -0.2) is 48.4 Å². The number of ether oxygens (including phenoxy) is 6. The number of hydrogen-bond acceptors (Lipinski definition) is 11. The Morgan fingerprint density at radius 1 is 0.545 bits per heavy atom. The molecule has 1 unspecified atom stereocenters. The van der Waals surface area contributed by atoms with E-state index in [9.17, 15) is 19.2 Å². The largest absolute Gasteiger partial charge is 0.461 e. The minimum atomic E-state index is -0.508. The van der Waals surface area contributed by atoms with Crippen LogP contribution in [0.5, 0.6) is 23.0 Å². The first-order chi connectivity index (χ1) is 26.7. The fraction of sp³-hybridized carbons (Fsp3) is 0.273. The van der Waals surface area contributed by atoms with Crippen molar-refractivity contribution in [2.75, 3.05) is 19.6 Å². The lowest BCUT2D eigenvalue weighted by atomic mass is 10.0. The van der Waals surface area contributed by atoms with E-state index in [1.165, 1.54) is 0 Å². The SMILES string of the molecule is C=CC(=O)OCc1ccc(Oc2ccc(COC(=O)CCC(CN(CC)CC)C(=O)OCc3ccc(Oc4ccc(COC(=O)C=C)cc4)cc3)cc2)cc1. The van der Waals surface area contributed by atoms with E-state index in [4.69, 9.17) is 28.4 Å². The van der Waals surface area contributed by atoms with Crippen molar-refractivity contribution in [3.05, 3.63) is 145 Å². The molecule has 0 saturated carbocycles. The van der Waals surface area contributed by atoms with Crippen molar-refractivity contribution in [2.45, 2.75) is 53.1 Å². The number of carbonyl (C=O) groups is 4. The van der Waals surface area contributed by atoms with Crippen LogP contribution in [0.2, 0.25) is 0 Å². The van der Waals surface area contributed by atoms with Crippen LogP contribution in [0.1, 0.15) is 48.9 Å². The second-order valence-corrected chi connectivity index (χ2v) is 12.4. The topological polar surface area (TPSA) is 127 Å². The number of esters is 4. The molecular weight excluding hydrogens is 702 g/mol. The van der Waals surface area contributed by atoms with E-state index < -0.39 is 23.8 Å². The smallest absolute Gasteiger partial charge is 0.330 e. The van der Waals surface area contributed by atoms with Gasteiger partial charge in [-0.15, -0.1) is 0 Å². The van der Waals surface area contributed by atoms with E-state index >= 15 is 0 Å². The summed E-state index contributed by atoms with van der Waals surface area (Å²) in [6.45, 7) is 13.2. The zero-order valence-electron chi connectivity index (χ0n) is 31.3. The zero-order valence-corrected chi connectivity index (χ0v) is 31.3. The molecule has 0 aliphatic rings. The quantitative estimate of drug-likeness (QED) is 0.0438. The van der Waals surface area contributed by atoms with Crippen molar-refractivity contribution in [1.29, 1.82) is 0 Å².